The van der Waals surface area contributed by atoms with Gasteiger partial charge in [0.1, 0.15) is 29.2 Å². The maximum atomic E-state index is 5.86. The predicted molar refractivity (Wildman–Crippen MR) is 143 cm³/mol. The minimum Gasteiger partial charge on any atom is -0.491 e. The number of aliphatic imine (C=N–C) groups is 1. The van der Waals surface area contributed by atoms with Gasteiger partial charge in [-0.1, -0.05) is 0 Å². The fourth-order valence-corrected chi connectivity index (χ4v) is 5.88. The first-order valence-corrected chi connectivity index (χ1v) is 15.7. The number of fused-ring (bicyclic) bond motifs is 3. The molecular weight excluding hydrogens is 570 g/mol. The fraction of sp³-hybridized carbons (Fsp3) is 0.435. The van der Waals surface area contributed by atoms with Gasteiger partial charge in [-0.3, -0.25) is 9.56 Å². The third kappa shape index (κ3) is 5.48. The molecule has 7 nitrogen and oxygen atoms in total. The molecule has 0 saturated heterocycles. The summed E-state index contributed by atoms with van der Waals surface area (Å²) in [6.07, 6.45) is 0.907. The zero-order chi connectivity index (χ0) is 23.4. The predicted octanol–water partition coefficient (Wildman–Crippen LogP) is 5.91. The average Bonchev–Trinajstić information content (AvgIpc) is 3.29. The van der Waals surface area contributed by atoms with Crippen LogP contribution >= 0.6 is 39.8 Å². The SMILES string of the molecule is Cc1sc2c(c1C)C(c1ccc(OCCOCCCOPI)cc1)=NC(C)c1nnc(C)n1-2. The number of nitrogens with zero attached hydrogens (tertiary/aromatic N) is 4. The van der Waals surface area contributed by atoms with E-state index in [1.54, 1.807) is 11.3 Å². The Balaban J connectivity index is 1.48. The standard InChI is InChI=1S/C23H28IN4O3PS/c1-14-16(3)33-23-20(14)21(25-15(2)22-27-26-17(4)28(22)23)18-6-8-19(9-7-18)30-13-12-29-10-5-11-31-32-24/h6-9,15,32H,5,10-13H2,1-4H3. The summed E-state index contributed by atoms with van der Waals surface area (Å²) in [5.74, 6) is 2.59. The minimum absolute atomic E-state index is 0.0867. The fourth-order valence-electron chi connectivity index (χ4n) is 3.78. The molecule has 176 valence electrons. The Hall–Kier alpha value is -1.39. The van der Waals surface area contributed by atoms with Crippen LogP contribution in [0.2, 0.25) is 0 Å². The largest absolute Gasteiger partial charge is 0.491 e. The number of thiophene rings is 1. The highest BCUT2D eigenvalue weighted by molar-refractivity contribution is 14.2. The van der Waals surface area contributed by atoms with E-state index in [1.165, 1.54) is 16.0 Å². The van der Waals surface area contributed by atoms with Crippen molar-refractivity contribution in [1.82, 2.24) is 14.8 Å². The van der Waals surface area contributed by atoms with Crippen LogP contribution in [0, 0.1) is 20.8 Å². The van der Waals surface area contributed by atoms with E-state index < -0.39 is 0 Å². The van der Waals surface area contributed by atoms with Crippen LogP contribution in [0.4, 0.5) is 0 Å². The minimum atomic E-state index is -0.0867. The lowest BCUT2D eigenvalue weighted by Crippen LogP contribution is -2.09. The molecule has 2 aromatic heterocycles. The lowest BCUT2D eigenvalue weighted by molar-refractivity contribution is 0.0920. The van der Waals surface area contributed by atoms with E-state index in [1.807, 2.05) is 19.1 Å². The molecule has 3 heterocycles. The van der Waals surface area contributed by atoms with Crippen LogP contribution in [0.15, 0.2) is 29.3 Å². The number of aryl methyl sites for hydroxylation is 2. The molecule has 0 amide bonds. The molecule has 0 saturated carbocycles. The molecule has 4 rings (SSSR count). The highest BCUT2D eigenvalue weighted by Gasteiger charge is 2.29. The van der Waals surface area contributed by atoms with E-state index in [9.17, 15) is 0 Å². The Morgan fingerprint density at radius 1 is 1.06 bits per heavy atom. The van der Waals surface area contributed by atoms with Crippen molar-refractivity contribution in [2.24, 2.45) is 4.99 Å². The van der Waals surface area contributed by atoms with Gasteiger partial charge >= 0.3 is 0 Å². The monoisotopic (exact) mass is 598 g/mol. The van der Waals surface area contributed by atoms with Crippen LogP contribution in [0.3, 0.4) is 0 Å². The summed E-state index contributed by atoms with van der Waals surface area (Å²) in [5.41, 5.74) is 4.48. The van der Waals surface area contributed by atoms with Gasteiger partial charge < -0.3 is 14.0 Å². The van der Waals surface area contributed by atoms with Gasteiger partial charge in [-0.2, -0.15) is 0 Å². The molecule has 10 heteroatoms. The number of hydrogen-bond acceptors (Lipinski definition) is 7. The Bertz CT molecular complexity index is 1130. The number of hydrogen-bond donors (Lipinski definition) is 0. The Morgan fingerprint density at radius 3 is 2.61 bits per heavy atom. The summed E-state index contributed by atoms with van der Waals surface area (Å²) in [6, 6.07) is 8.08. The molecule has 33 heavy (non-hydrogen) atoms. The quantitative estimate of drug-likeness (QED) is 0.165. The van der Waals surface area contributed by atoms with Crippen molar-refractivity contribution in [3.05, 3.63) is 57.5 Å². The van der Waals surface area contributed by atoms with Crippen molar-refractivity contribution in [3.8, 4) is 10.8 Å². The molecule has 0 radical (unpaired) electrons. The Labute approximate surface area is 213 Å². The molecule has 2 atom stereocenters. The maximum absolute atomic E-state index is 5.86. The molecular formula is C23H28IN4O3PS. The molecule has 3 aromatic rings. The van der Waals surface area contributed by atoms with Gasteiger partial charge in [-0.25, -0.2) is 0 Å². The summed E-state index contributed by atoms with van der Waals surface area (Å²) in [4.78, 5) is 6.37. The van der Waals surface area contributed by atoms with Crippen molar-refractivity contribution in [1.29, 1.82) is 0 Å². The maximum Gasteiger partial charge on any atom is 0.162 e. The lowest BCUT2D eigenvalue weighted by atomic mass is 9.99. The van der Waals surface area contributed by atoms with Crippen LogP contribution in [-0.2, 0) is 9.26 Å². The summed E-state index contributed by atoms with van der Waals surface area (Å²) in [6.45, 7) is 11.4. The van der Waals surface area contributed by atoms with E-state index in [4.69, 9.17) is 19.0 Å². The van der Waals surface area contributed by atoms with E-state index in [0.717, 1.165) is 46.7 Å². The molecule has 0 N–H and O–H groups in total. The van der Waals surface area contributed by atoms with Crippen molar-refractivity contribution >= 4 is 45.5 Å². The first-order chi connectivity index (χ1) is 16.0. The molecule has 0 fully saturated rings. The summed E-state index contributed by atoms with van der Waals surface area (Å²) in [5, 5.41) is 9.88. The highest BCUT2D eigenvalue weighted by atomic mass is 127. The van der Waals surface area contributed by atoms with Gasteiger partial charge in [-0.15, -0.1) is 21.5 Å². The summed E-state index contributed by atoms with van der Waals surface area (Å²) in [7, 11) is 0. The molecule has 1 aromatic carbocycles. The summed E-state index contributed by atoms with van der Waals surface area (Å²) < 4.78 is 18.9. The lowest BCUT2D eigenvalue weighted by Gasteiger charge is -2.11. The molecule has 2 unspecified atom stereocenters. The van der Waals surface area contributed by atoms with Gasteiger partial charge in [0.05, 0.1) is 25.4 Å². The molecule has 0 aliphatic carbocycles. The second-order valence-corrected chi connectivity index (χ2v) is 10.8. The van der Waals surface area contributed by atoms with E-state index in [0.29, 0.717) is 26.3 Å². The van der Waals surface area contributed by atoms with Crippen molar-refractivity contribution < 1.29 is 14.0 Å². The number of aromatic nitrogens is 3. The van der Waals surface area contributed by atoms with E-state index in [-0.39, 0.29) is 6.04 Å². The first kappa shape index (κ1) is 24.7. The van der Waals surface area contributed by atoms with Crippen LogP contribution in [0.5, 0.6) is 5.75 Å². The van der Waals surface area contributed by atoms with Crippen LogP contribution in [0.1, 0.15) is 52.6 Å². The van der Waals surface area contributed by atoms with Gasteiger partial charge in [0, 0.05) is 22.6 Å². The second-order valence-electron chi connectivity index (χ2n) is 7.82. The number of benzene rings is 1. The van der Waals surface area contributed by atoms with Crippen LogP contribution < -0.4 is 4.74 Å². The molecule has 0 spiro atoms. The third-order valence-corrected chi connectivity index (χ3v) is 8.01. The van der Waals surface area contributed by atoms with E-state index >= 15 is 0 Å². The first-order valence-electron chi connectivity index (χ1n) is 10.9. The Kier molecular flexibility index (Phi) is 8.51. The number of ether oxygens (including phenoxy) is 2. The highest BCUT2D eigenvalue weighted by Crippen LogP contribution is 2.38. The van der Waals surface area contributed by atoms with Crippen LogP contribution in [-0.4, -0.2) is 46.9 Å². The number of halogens is 1. The average molecular weight is 598 g/mol. The zero-order valence-electron chi connectivity index (χ0n) is 19.2. The molecule has 0 bridgehead atoms. The van der Waals surface area contributed by atoms with Crippen LogP contribution in [0.25, 0.3) is 5.00 Å². The molecule has 1 aliphatic rings. The van der Waals surface area contributed by atoms with Gasteiger partial charge in [-0.05, 0) is 86.0 Å². The van der Waals surface area contributed by atoms with Crippen molar-refractivity contribution in [3.63, 3.8) is 0 Å². The second kappa shape index (κ2) is 11.4. The zero-order valence-corrected chi connectivity index (χ0v) is 23.2. The topological polar surface area (TPSA) is 70.8 Å². The number of rotatable bonds is 10. The van der Waals surface area contributed by atoms with Crippen molar-refractivity contribution in [2.75, 3.05) is 26.4 Å². The van der Waals surface area contributed by atoms with Gasteiger partial charge in [0.2, 0.25) is 0 Å². The van der Waals surface area contributed by atoms with Gasteiger partial charge in [0.15, 0.2) is 5.82 Å². The van der Waals surface area contributed by atoms with E-state index in [2.05, 4.69) is 69.7 Å². The third-order valence-electron chi connectivity index (χ3n) is 5.57. The van der Waals surface area contributed by atoms with Crippen molar-refractivity contribution in [2.45, 2.75) is 40.2 Å². The summed E-state index contributed by atoms with van der Waals surface area (Å²) >= 11 is 4.00. The normalized spacial score (nSPS) is 15.4. The smallest absolute Gasteiger partial charge is 0.162 e. The Morgan fingerprint density at radius 2 is 1.85 bits per heavy atom. The van der Waals surface area contributed by atoms with Gasteiger partial charge in [0.25, 0.3) is 0 Å². The molecule has 1 aliphatic heterocycles.